The molecule has 8 unspecified atom stereocenters. The molecule has 1 spiro atoms. The Morgan fingerprint density at radius 3 is 1.39 bits per heavy atom. The molecule has 4 fully saturated rings. The van der Waals surface area contributed by atoms with Gasteiger partial charge in [-0.25, -0.2) is 0 Å². The highest BCUT2D eigenvalue weighted by Gasteiger charge is 2.76. The van der Waals surface area contributed by atoms with Crippen molar-refractivity contribution in [3.8, 4) is 23.0 Å². The van der Waals surface area contributed by atoms with Crippen LogP contribution in [0, 0.1) is 76.4 Å². The predicted octanol–water partition coefficient (Wildman–Crippen LogP) is 24.2. The number of allylic oxidation sites excluding steroid dienone is 18. The summed E-state index contributed by atoms with van der Waals surface area (Å²) in [5.41, 5.74) is 1.57. The van der Waals surface area contributed by atoms with Gasteiger partial charge < -0.3 is 28.8 Å². The normalized spacial score (nSPS) is 23.0. The van der Waals surface area contributed by atoms with E-state index in [0.717, 1.165) is 51.9 Å². The lowest BCUT2D eigenvalue weighted by Gasteiger charge is -2.64. The molecule has 8 atom stereocenters. The highest BCUT2D eigenvalue weighted by atomic mass is 16.6. The number of nitro benzene ring substituents is 2. The lowest BCUT2D eigenvalue weighted by molar-refractivity contribution is -0.385. The monoisotopic (exact) mass is 1610 g/mol. The Morgan fingerprint density at radius 1 is 0.500 bits per heavy atom. The number of hydrogen-bond donors (Lipinski definition) is 1. The van der Waals surface area contributed by atoms with Crippen LogP contribution in [0.25, 0.3) is 5.76 Å². The Balaban J connectivity index is 0.000000299. The van der Waals surface area contributed by atoms with Crippen molar-refractivity contribution in [1.29, 1.82) is 0 Å². The zero-order valence-electron chi connectivity index (χ0n) is 74.1. The minimum absolute atomic E-state index is 0.00695. The van der Waals surface area contributed by atoms with Crippen molar-refractivity contribution in [2.45, 2.75) is 242 Å². The van der Waals surface area contributed by atoms with Crippen LogP contribution in [0.1, 0.15) is 251 Å². The third-order valence-electron chi connectivity index (χ3n) is 25.1. The number of aliphatic hydroxyl groups is 1. The Bertz CT molecular complexity index is 4920. The summed E-state index contributed by atoms with van der Waals surface area (Å²) in [6, 6.07) is 21.3. The second-order valence-electron chi connectivity index (χ2n) is 37.0. The molecule has 632 valence electrons. The van der Waals surface area contributed by atoms with Crippen molar-refractivity contribution in [2.24, 2.45) is 56.2 Å². The molecule has 0 radical (unpaired) electrons. The summed E-state index contributed by atoms with van der Waals surface area (Å²) < 4.78 is 31.6. The SMILES string of the molecule is C=C(C)C(CC=C(C)C)CC12CC(CC=C(C)C)C(C)(C)C(CC=C(C)C)(C(=O)C(=C(O)c3ccc(OCc4cccc([N+](=O)[O-])c4)c(OCc4cccc([N+](=O)[O-])c4)c3)C1=O)C2=O.CC(C)=CCOc1ccc(C(=O)C2=C3OC(C)(C)C(CC=C(C)C)CC34CC(CC=C(C)C)C(C)(C)C(CC=C(C)C)(C2=O)C4=O)cc1OCC=C(C)C. The zero-order valence-corrected chi connectivity index (χ0v) is 74.1. The van der Waals surface area contributed by atoms with Crippen LogP contribution < -0.4 is 18.9 Å². The minimum Gasteiger partial charge on any atom is -0.506 e. The van der Waals surface area contributed by atoms with Gasteiger partial charge in [-0.15, -0.1) is 0 Å². The topological polar surface area (TPSA) is 255 Å². The molecule has 18 nitrogen and oxygen atoms in total. The fraction of sp³-hybridized carbons (Fsp3) is 0.480. The first-order chi connectivity index (χ1) is 55.1. The summed E-state index contributed by atoms with van der Waals surface area (Å²) >= 11 is 0. The standard InChI is InChI=1S/C52H60N2O10.C48H66O6/c1-32(2)17-19-39(35(7)8)28-51-29-40(21-18-33(3)4)50(9,10)52(49(51)58,24-23-34(5)6)48(57)45(47(51)56)46(55)38-20-22-43(63-30-36-13-11-15-41(25-36)53(59)60)44(27-38)64-31-37-14-12-16-42(26-37)54(61)62;1-30(2)15-18-36-28-47-29-37(19-16-31(3)4)46(13,14)54-43(47)40(42(50)48(44(47)51,45(36,11)12)24-21-32(5)6)41(49)35-17-20-38(52-25-22-33(7)8)39(27-35)53-26-23-34(9)10/h11-18,20,22-23,25-27,39-40,55H,7,19,21,24,28-31H2,1-6,8-10H3;15-17,20-23,27,36-37H,18-19,24-26,28-29H2,1-14H3. The highest BCUT2D eigenvalue weighted by molar-refractivity contribution is 6.42. The van der Waals surface area contributed by atoms with Gasteiger partial charge in [0.2, 0.25) is 0 Å². The lowest BCUT2D eigenvalue weighted by atomic mass is 9.38. The van der Waals surface area contributed by atoms with Gasteiger partial charge in [-0.3, -0.25) is 49.0 Å². The fourth-order valence-electron chi connectivity index (χ4n) is 17.7. The number of ether oxygens (including phenoxy) is 5. The molecule has 118 heavy (non-hydrogen) atoms. The van der Waals surface area contributed by atoms with Gasteiger partial charge in [0.25, 0.3) is 11.4 Å². The van der Waals surface area contributed by atoms with E-state index >= 15 is 28.8 Å². The first kappa shape index (κ1) is 93.1. The molecule has 1 N–H and O–H groups in total. The molecule has 1 heterocycles. The second-order valence-corrected chi connectivity index (χ2v) is 37.0. The summed E-state index contributed by atoms with van der Waals surface area (Å²) in [6.07, 6.45) is 20.5. The van der Waals surface area contributed by atoms with Crippen molar-refractivity contribution in [2.75, 3.05) is 13.2 Å². The molecule has 4 aliphatic carbocycles. The van der Waals surface area contributed by atoms with Crippen LogP contribution in [0.2, 0.25) is 0 Å². The van der Waals surface area contributed by atoms with E-state index in [1.54, 1.807) is 30.3 Å². The summed E-state index contributed by atoms with van der Waals surface area (Å²) in [5, 5.41) is 35.5. The van der Waals surface area contributed by atoms with Gasteiger partial charge in [0, 0.05) is 41.3 Å². The molecule has 4 aromatic rings. The van der Waals surface area contributed by atoms with Gasteiger partial charge in [-0.1, -0.05) is 145 Å². The van der Waals surface area contributed by atoms with E-state index in [-0.39, 0.29) is 108 Å². The first-order valence-electron chi connectivity index (χ1n) is 41.3. The molecule has 1 saturated heterocycles. The first-order valence-corrected chi connectivity index (χ1v) is 41.3. The maximum Gasteiger partial charge on any atom is 0.269 e. The Morgan fingerprint density at radius 2 is 0.915 bits per heavy atom. The third kappa shape index (κ3) is 19.6. The smallest absolute Gasteiger partial charge is 0.269 e. The van der Waals surface area contributed by atoms with Gasteiger partial charge in [0.1, 0.15) is 65.5 Å². The molecule has 1 aliphatic heterocycles. The van der Waals surface area contributed by atoms with Crippen LogP contribution in [0.15, 0.2) is 207 Å². The average molecular weight is 1610 g/mol. The van der Waals surface area contributed by atoms with Gasteiger partial charge in [0.15, 0.2) is 57.7 Å². The van der Waals surface area contributed by atoms with E-state index in [0.29, 0.717) is 67.1 Å². The minimum atomic E-state index is -1.72. The second kappa shape index (κ2) is 37.7. The number of rotatable bonds is 32. The molecule has 9 rings (SSSR count). The van der Waals surface area contributed by atoms with E-state index in [9.17, 15) is 25.3 Å². The molecule has 3 saturated carbocycles. The molecule has 5 aliphatic rings. The Hall–Kier alpha value is -10.4. The molecular formula is C100H126N2O16. The maximum atomic E-state index is 15.7. The van der Waals surface area contributed by atoms with Crippen LogP contribution in [-0.2, 0) is 41.9 Å². The molecule has 18 heteroatoms. The number of ketones is 6. The van der Waals surface area contributed by atoms with Gasteiger partial charge >= 0.3 is 0 Å². The van der Waals surface area contributed by atoms with E-state index in [2.05, 4.69) is 72.4 Å². The van der Waals surface area contributed by atoms with E-state index < -0.39 is 88.2 Å². The van der Waals surface area contributed by atoms with Crippen molar-refractivity contribution in [3.63, 3.8) is 0 Å². The molecule has 4 bridgehead atoms. The number of Topliss-reactive ketones (excluding diaryl/α,β-unsaturated/α-hetero) is 6. The quantitative estimate of drug-likeness (QED) is 0.00697. The van der Waals surface area contributed by atoms with Crippen LogP contribution >= 0.6 is 0 Å². The van der Waals surface area contributed by atoms with Gasteiger partial charge in [-0.05, 0) is 284 Å². The molecule has 0 amide bonds. The number of hydrogen-bond acceptors (Lipinski definition) is 16. The third-order valence-corrected chi connectivity index (χ3v) is 25.1. The Labute approximate surface area is 699 Å². The van der Waals surface area contributed by atoms with Crippen molar-refractivity contribution >= 4 is 51.8 Å². The number of carbonyl (C=O) groups is 6. The summed E-state index contributed by atoms with van der Waals surface area (Å²) in [7, 11) is 0. The number of non-ortho nitro benzene ring substituents is 2. The van der Waals surface area contributed by atoms with Crippen LogP contribution in [0.3, 0.4) is 0 Å². The number of carbonyl (C=O) groups excluding carboxylic acids is 6. The Kier molecular flexibility index (Phi) is 29.8. The van der Waals surface area contributed by atoms with Crippen LogP contribution in [0.5, 0.6) is 23.0 Å². The van der Waals surface area contributed by atoms with Gasteiger partial charge in [-0.2, -0.15) is 0 Å². The number of aliphatic hydroxyl groups excluding tert-OH is 1. The zero-order chi connectivity index (χ0) is 87.7. The number of nitro groups is 2. The average Bonchev–Trinajstić information content (AvgIpc) is 0.671. The number of nitrogens with zero attached hydrogens (tertiary/aromatic N) is 2. The van der Waals surface area contributed by atoms with E-state index in [4.69, 9.17) is 23.7 Å². The highest BCUT2D eigenvalue weighted by Crippen LogP contribution is 2.71. The van der Waals surface area contributed by atoms with Crippen LogP contribution in [-0.4, -0.2) is 68.5 Å². The molecule has 4 aromatic carbocycles. The summed E-state index contributed by atoms with van der Waals surface area (Å²) in [4.78, 5) is 115. The van der Waals surface area contributed by atoms with Crippen LogP contribution in [0.4, 0.5) is 11.4 Å². The largest absolute Gasteiger partial charge is 0.506 e. The number of benzene rings is 4. The maximum absolute atomic E-state index is 15.7. The number of fused-ring (bicyclic) bond motifs is 3. The van der Waals surface area contributed by atoms with E-state index in [1.165, 1.54) is 65.7 Å². The van der Waals surface area contributed by atoms with E-state index in [1.807, 2.05) is 142 Å². The fourth-order valence-corrected chi connectivity index (χ4v) is 17.7. The molecule has 0 aromatic heterocycles. The summed E-state index contributed by atoms with van der Waals surface area (Å²) in [5.74, 6) is -2.65. The van der Waals surface area contributed by atoms with Crippen molar-refractivity contribution in [3.05, 3.63) is 250 Å². The van der Waals surface area contributed by atoms with Crippen molar-refractivity contribution in [1.82, 2.24) is 0 Å². The predicted molar refractivity (Wildman–Crippen MR) is 468 cm³/mol. The lowest BCUT2D eigenvalue weighted by Crippen LogP contribution is -2.69. The van der Waals surface area contributed by atoms with Crippen molar-refractivity contribution < 1.29 is 67.4 Å². The van der Waals surface area contributed by atoms with Gasteiger partial charge in [0.05, 0.1) is 20.7 Å². The molecular weight excluding hydrogens is 1490 g/mol. The summed E-state index contributed by atoms with van der Waals surface area (Å²) in [6.45, 7) is 50.7.